The number of sulfonamides is 1. The molecule has 8 nitrogen and oxygen atoms in total. The van der Waals surface area contributed by atoms with Crippen molar-refractivity contribution in [3.63, 3.8) is 0 Å². The van der Waals surface area contributed by atoms with Gasteiger partial charge in [-0.05, 0) is 44.9 Å². The van der Waals surface area contributed by atoms with Crippen LogP contribution in [0.4, 0.5) is 17.1 Å². The van der Waals surface area contributed by atoms with Crippen LogP contribution in [-0.4, -0.2) is 19.1 Å². The van der Waals surface area contributed by atoms with E-state index in [-0.39, 0.29) is 16.3 Å². The number of aryl methyl sites for hydroxylation is 2. The topological polar surface area (TPSA) is 114 Å². The van der Waals surface area contributed by atoms with Crippen LogP contribution in [0, 0.1) is 24.0 Å². The lowest BCUT2D eigenvalue weighted by molar-refractivity contribution is -0.385. The molecule has 0 spiro atoms. The molecule has 2 aromatic carbocycles. The second kappa shape index (κ2) is 8.17. The fourth-order valence-corrected chi connectivity index (χ4v) is 3.61. The molecule has 0 saturated carbocycles. The molecule has 0 amide bonds. The minimum Gasteiger partial charge on any atom is -0.279 e. The zero-order chi connectivity index (χ0) is 20.2. The van der Waals surface area contributed by atoms with Gasteiger partial charge in [-0.1, -0.05) is 24.6 Å². The molecule has 0 radical (unpaired) electrons. The molecule has 144 valence electrons. The zero-order valence-electron chi connectivity index (χ0n) is 15.6. The van der Waals surface area contributed by atoms with Crippen LogP contribution in [0.1, 0.15) is 31.4 Å². The molecule has 27 heavy (non-hydrogen) atoms. The third-order valence-electron chi connectivity index (χ3n) is 3.97. The first kappa shape index (κ1) is 20.4. The molecule has 0 aromatic heterocycles. The highest BCUT2D eigenvalue weighted by molar-refractivity contribution is 7.92. The predicted molar refractivity (Wildman–Crippen MR) is 107 cm³/mol. The van der Waals surface area contributed by atoms with Crippen molar-refractivity contribution in [3.8, 4) is 0 Å². The Morgan fingerprint density at radius 1 is 1.15 bits per heavy atom. The van der Waals surface area contributed by atoms with Crippen LogP contribution in [0.2, 0.25) is 0 Å². The molecule has 0 aliphatic carbocycles. The molecule has 0 atom stereocenters. The molecule has 0 saturated heterocycles. The Morgan fingerprint density at radius 2 is 1.81 bits per heavy atom. The van der Waals surface area contributed by atoms with Crippen LogP contribution in [0.15, 0.2) is 46.4 Å². The van der Waals surface area contributed by atoms with Gasteiger partial charge in [-0.15, -0.1) is 0 Å². The van der Waals surface area contributed by atoms with Gasteiger partial charge in [0, 0.05) is 17.8 Å². The zero-order valence-corrected chi connectivity index (χ0v) is 16.4. The van der Waals surface area contributed by atoms with Crippen LogP contribution in [0.25, 0.3) is 0 Å². The number of nitro benzene ring substituents is 1. The Kier molecular flexibility index (Phi) is 6.17. The molecular formula is C18H22N4O4S. The number of hydrogen-bond donors (Lipinski definition) is 2. The number of hydrazone groups is 1. The van der Waals surface area contributed by atoms with Gasteiger partial charge in [-0.3, -0.25) is 20.3 Å². The van der Waals surface area contributed by atoms with E-state index in [0.717, 1.165) is 22.9 Å². The van der Waals surface area contributed by atoms with Gasteiger partial charge in [-0.25, -0.2) is 8.42 Å². The maximum absolute atomic E-state index is 12.9. The van der Waals surface area contributed by atoms with Gasteiger partial charge >= 0.3 is 0 Å². The smallest absolute Gasteiger partial charge is 0.270 e. The third-order valence-corrected chi connectivity index (χ3v) is 5.38. The third kappa shape index (κ3) is 5.04. The molecule has 2 aromatic rings. The van der Waals surface area contributed by atoms with E-state index >= 15 is 0 Å². The van der Waals surface area contributed by atoms with Crippen molar-refractivity contribution in [2.24, 2.45) is 5.10 Å². The number of hydrogen-bond acceptors (Lipinski definition) is 6. The Bertz CT molecular complexity index is 1000. The standard InChI is InChI=1S/C18H22N4O4S/c1-5-14(4)19-20-17-9-7-15(22(23)24)11-18(17)27(25,26)21-16-8-6-12(2)10-13(16)3/h6-11,20-21H,5H2,1-4H3/b19-14-. The van der Waals surface area contributed by atoms with Crippen molar-refractivity contribution in [1.29, 1.82) is 0 Å². The summed E-state index contributed by atoms with van der Waals surface area (Å²) in [6, 6.07) is 8.87. The van der Waals surface area contributed by atoms with Gasteiger partial charge < -0.3 is 0 Å². The van der Waals surface area contributed by atoms with E-state index in [1.54, 1.807) is 26.0 Å². The summed E-state index contributed by atoms with van der Waals surface area (Å²) in [4.78, 5) is 10.2. The average Bonchev–Trinajstić information content (AvgIpc) is 2.61. The molecule has 0 fully saturated rings. The van der Waals surface area contributed by atoms with Crippen LogP contribution in [0.5, 0.6) is 0 Å². The maximum Gasteiger partial charge on any atom is 0.270 e. The molecule has 0 bridgehead atoms. The molecule has 0 unspecified atom stereocenters. The second-order valence-electron chi connectivity index (χ2n) is 6.17. The van der Waals surface area contributed by atoms with Crippen LogP contribution in [-0.2, 0) is 10.0 Å². The Labute approximate surface area is 158 Å². The SMILES string of the molecule is CC/C(C)=N\Nc1ccc([N+](=O)[O-])cc1S(=O)(=O)Nc1ccc(C)cc1C. The fourth-order valence-electron chi connectivity index (χ4n) is 2.30. The summed E-state index contributed by atoms with van der Waals surface area (Å²) in [6.07, 6.45) is 0.683. The highest BCUT2D eigenvalue weighted by atomic mass is 32.2. The van der Waals surface area contributed by atoms with Crippen LogP contribution in [0.3, 0.4) is 0 Å². The monoisotopic (exact) mass is 390 g/mol. The van der Waals surface area contributed by atoms with Gasteiger partial charge in [0.05, 0.1) is 16.3 Å². The highest BCUT2D eigenvalue weighted by Crippen LogP contribution is 2.29. The summed E-state index contributed by atoms with van der Waals surface area (Å²) < 4.78 is 28.4. The van der Waals surface area contributed by atoms with E-state index in [9.17, 15) is 18.5 Å². The van der Waals surface area contributed by atoms with Gasteiger partial charge in [0.15, 0.2) is 0 Å². The lowest BCUT2D eigenvalue weighted by Crippen LogP contribution is -2.16. The average molecular weight is 390 g/mol. The molecular weight excluding hydrogens is 368 g/mol. The molecule has 0 aliphatic rings. The number of anilines is 2. The second-order valence-corrected chi connectivity index (χ2v) is 7.82. The highest BCUT2D eigenvalue weighted by Gasteiger charge is 2.23. The summed E-state index contributed by atoms with van der Waals surface area (Å²) in [5, 5.41) is 15.2. The number of benzene rings is 2. The first-order chi connectivity index (χ1) is 12.6. The minimum atomic E-state index is -4.08. The normalized spacial score (nSPS) is 11.9. The van der Waals surface area contributed by atoms with Crippen molar-refractivity contribution in [2.75, 3.05) is 10.1 Å². The summed E-state index contributed by atoms with van der Waals surface area (Å²) >= 11 is 0. The number of nitro groups is 1. The summed E-state index contributed by atoms with van der Waals surface area (Å²) in [7, 11) is -4.08. The van der Waals surface area contributed by atoms with Crippen molar-refractivity contribution < 1.29 is 13.3 Å². The van der Waals surface area contributed by atoms with E-state index < -0.39 is 14.9 Å². The maximum atomic E-state index is 12.9. The number of non-ortho nitro benzene ring substituents is 1. The van der Waals surface area contributed by atoms with Crippen molar-refractivity contribution in [2.45, 2.75) is 39.0 Å². The molecule has 0 heterocycles. The van der Waals surface area contributed by atoms with E-state index in [4.69, 9.17) is 0 Å². The first-order valence-corrected chi connectivity index (χ1v) is 9.80. The Balaban J connectivity index is 2.51. The van der Waals surface area contributed by atoms with Crippen molar-refractivity contribution in [3.05, 3.63) is 57.6 Å². The summed E-state index contributed by atoms with van der Waals surface area (Å²) in [6.45, 7) is 7.39. The van der Waals surface area contributed by atoms with E-state index in [2.05, 4.69) is 15.2 Å². The number of rotatable bonds is 7. The van der Waals surface area contributed by atoms with Gasteiger partial charge in [0.25, 0.3) is 15.7 Å². The fraction of sp³-hybridized carbons (Fsp3) is 0.278. The number of nitrogens with zero attached hydrogens (tertiary/aromatic N) is 2. The Hall–Kier alpha value is -2.94. The van der Waals surface area contributed by atoms with Crippen LogP contribution < -0.4 is 10.1 Å². The summed E-state index contributed by atoms with van der Waals surface area (Å²) in [5.41, 5.74) is 5.45. The van der Waals surface area contributed by atoms with Crippen LogP contribution >= 0.6 is 0 Å². The van der Waals surface area contributed by atoms with E-state index in [1.165, 1.54) is 12.1 Å². The van der Waals surface area contributed by atoms with Crippen molar-refractivity contribution >= 4 is 32.8 Å². The first-order valence-electron chi connectivity index (χ1n) is 8.31. The molecule has 0 aliphatic heterocycles. The minimum absolute atomic E-state index is 0.158. The molecule has 2 rings (SSSR count). The Morgan fingerprint density at radius 3 is 2.41 bits per heavy atom. The number of nitrogens with one attached hydrogen (secondary N) is 2. The van der Waals surface area contributed by atoms with Gasteiger partial charge in [0.1, 0.15) is 4.90 Å². The lowest BCUT2D eigenvalue weighted by Gasteiger charge is -2.14. The summed E-state index contributed by atoms with van der Waals surface area (Å²) in [5.74, 6) is 0. The predicted octanol–water partition coefficient (Wildman–Crippen LogP) is 4.21. The lowest BCUT2D eigenvalue weighted by atomic mass is 10.1. The quantitative estimate of drug-likeness (QED) is 0.417. The van der Waals surface area contributed by atoms with Gasteiger partial charge in [0.2, 0.25) is 0 Å². The molecule has 9 heteroatoms. The van der Waals surface area contributed by atoms with E-state index in [0.29, 0.717) is 12.1 Å². The van der Waals surface area contributed by atoms with Crippen molar-refractivity contribution in [1.82, 2.24) is 0 Å². The largest absolute Gasteiger partial charge is 0.279 e. The molecule has 2 N–H and O–H groups in total. The van der Waals surface area contributed by atoms with Gasteiger partial charge in [-0.2, -0.15) is 5.10 Å². The van der Waals surface area contributed by atoms with E-state index in [1.807, 2.05) is 19.9 Å².